The molecule has 4 nitrogen and oxygen atoms in total. The molecule has 90 valence electrons. The fraction of sp³-hybridized carbons (Fsp3) is 0.385. The Bertz CT molecular complexity index is 406. The van der Waals surface area contributed by atoms with Crippen molar-refractivity contribution in [2.45, 2.75) is 19.8 Å². The molecule has 3 N–H and O–H groups in total. The standard InChI is InChI=1S/C13H17N3O/c1-10(8-14)2-7-13(17)16-12-5-3-11(9-15)4-6-12/h3-6,10H,2,7-8,14H2,1H3,(H,16,17). The first-order valence-electron chi connectivity index (χ1n) is 5.65. The molecule has 0 aliphatic carbocycles. The average Bonchev–Trinajstić information content (AvgIpc) is 2.36. The summed E-state index contributed by atoms with van der Waals surface area (Å²) >= 11 is 0. The highest BCUT2D eigenvalue weighted by Gasteiger charge is 2.05. The first-order chi connectivity index (χ1) is 8.15. The minimum Gasteiger partial charge on any atom is -0.330 e. The van der Waals surface area contributed by atoms with Crippen molar-refractivity contribution < 1.29 is 4.79 Å². The van der Waals surface area contributed by atoms with Gasteiger partial charge in [0, 0.05) is 12.1 Å². The van der Waals surface area contributed by atoms with Gasteiger partial charge in [-0.3, -0.25) is 4.79 Å². The fourth-order valence-corrected chi connectivity index (χ4v) is 1.35. The molecule has 4 heteroatoms. The van der Waals surface area contributed by atoms with Gasteiger partial charge >= 0.3 is 0 Å². The zero-order valence-electron chi connectivity index (χ0n) is 9.94. The summed E-state index contributed by atoms with van der Waals surface area (Å²) in [6, 6.07) is 8.84. The molecule has 0 spiro atoms. The molecule has 0 heterocycles. The van der Waals surface area contributed by atoms with Crippen LogP contribution in [0.25, 0.3) is 0 Å². The van der Waals surface area contributed by atoms with Crippen LogP contribution in [0.2, 0.25) is 0 Å². The van der Waals surface area contributed by atoms with Crippen LogP contribution in [0.3, 0.4) is 0 Å². The molecule has 0 aliphatic heterocycles. The maximum Gasteiger partial charge on any atom is 0.224 e. The summed E-state index contributed by atoms with van der Waals surface area (Å²) in [4.78, 5) is 11.6. The lowest BCUT2D eigenvalue weighted by Crippen LogP contribution is -2.16. The number of nitrogens with zero attached hydrogens (tertiary/aromatic N) is 1. The topological polar surface area (TPSA) is 78.9 Å². The van der Waals surface area contributed by atoms with E-state index in [1.54, 1.807) is 24.3 Å². The van der Waals surface area contributed by atoms with Crippen molar-refractivity contribution in [3.8, 4) is 6.07 Å². The largest absolute Gasteiger partial charge is 0.330 e. The van der Waals surface area contributed by atoms with Gasteiger partial charge in [-0.05, 0) is 43.1 Å². The quantitative estimate of drug-likeness (QED) is 0.812. The number of nitrogens with one attached hydrogen (secondary N) is 1. The Morgan fingerprint density at radius 2 is 2.12 bits per heavy atom. The van der Waals surface area contributed by atoms with Gasteiger partial charge in [0.05, 0.1) is 11.6 Å². The Hall–Kier alpha value is -1.86. The molecule has 0 radical (unpaired) electrons. The normalized spacial score (nSPS) is 11.6. The lowest BCUT2D eigenvalue weighted by molar-refractivity contribution is -0.116. The number of hydrogen-bond acceptors (Lipinski definition) is 3. The molecular weight excluding hydrogens is 214 g/mol. The zero-order chi connectivity index (χ0) is 12.7. The van der Waals surface area contributed by atoms with Crippen LogP contribution in [0.15, 0.2) is 24.3 Å². The number of benzene rings is 1. The number of nitrogens with two attached hydrogens (primary N) is 1. The van der Waals surface area contributed by atoms with Crippen molar-refractivity contribution in [3.63, 3.8) is 0 Å². The summed E-state index contributed by atoms with van der Waals surface area (Å²) in [6.45, 7) is 2.62. The van der Waals surface area contributed by atoms with Crippen molar-refractivity contribution in [3.05, 3.63) is 29.8 Å². The highest BCUT2D eigenvalue weighted by Crippen LogP contribution is 2.10. The molecule has 1 aromatic carbocycles. The number of rotatable bonds is 5. The van der Waals surface area contributed by atoms with Crippen LogP contribution in [0.5, 0.6) is 0 Å². The number of amides is 1. The van der Waals surface area contributed by atoms with E-state index in [0.29, 0.717) is 24.4 Å². The molecule has 1 atom stereocenters. The zero-order valence-corrected chi connectivity index (χ0v) is 9.94. The van der Waals surface area contributed by atoms with Crippen molar-refractivity contribution in [1.82, 2.24) is 0 Å². The predicted molar refractivity (Wildman–Crippen MR) is 67.2 cm³/mol. The van der Waals surface area contributed by atoms with E-state index in [4.69, 9.17) is 11.0 Å². The van der Waals surface area contributed by atoms with Crippen LogP contribution in [-0.2, 0) is 4.79 Å². The van der Waals surface area contributed by atoms with Crippen molar-refractivity contribution in [1.29, 1.82) is 5.26 Å². The Balaban J connectivity index is 2.43. The van der Waals surface area contributed by atoms with Gasteiger partial charge in [0.2, 0.25) is 5.91 Å². The number of hydrogen-bond donors (Lipinski definition) is 2. The van der Waals surface area contributed by atoms with Gasteiger partial charge in [-0.2, -0.15) is 5.26 Å². The van der Waals surface area contributed by atoms with E-state index in [2.05, 4.69) is 5.32 Å². The Labute approximate surface area is 101 Å². The third kappa shape index (κ3) is 4.66. The fourth-order valence-electron chi connectivity index (χ4n) is 1.35. The molecule has 0 saturated carbocycles. The minimum atomic E-state index is -0.0185. The highest BCUT2D eigenvalue weighted by molar-refractivity contribution is 5.90. The molecule has 0 fully saturated rings. The second-order valence-corrected chi connectivity index (χ2v) is 4.12. The third-order valence-corrected chi connectivity index (χ3v) is 2.56. The maximum absolute atomic E-state index is 11.6. The van der Waals surface area contributed by atoms with Gasteiger partial charge in [-0.1, -0.05) is 6.92 Å². The first-order valence-corrected chi connectivity index (χ1v) is 5.65. The summed E-state index contributed by atoms with van der Waals surface area (Å²) < 4.78 is 0. The lowest BCUT2D eigenvalue weighted by atomic mass is 10.1. The minimum absolute atomic E-state index is 0.0185. The van der Waals surface area contributed by atoms with Gasteiger partial charge in [-0.15, -0.1) is 0 Å². The van der Waals surface area contributed by atoms with Crippen LogP contribution >= 0.6 is 0 Å². The summed E-state index contributed by atoms with van der Waals surface area (Å²) in [5, 5.41) is 11.4. The predicted octanol–water partition coefficient (Wildman–Crippen LogP) is 1.87. The van der Waals surface area contributed by atoms with Crippen LogP contribution in [0.4, 0.5) is 5.69 Å². The second kappa shape index (κ2) is 6.66. The van der Waals surface area contributed by atoms with Gasteiger partial charge in [-0.25, -0.2) is 0 Å². The molecule has 0 aliphatic rings. The summed E-state index contributed by atoms with van der Waals surface area (Å²) in [5.41, 5.74) is 6.78. The molecule has 1 amide bonds. The summed E-state index contributed by atoms with van der Waals surface area (Å²) in [7, 11) is 0. The van der Waals surface area contributed by atoms with Crippen molar-refractivity contribution in [2.75, 3.05) is 11.9 Å². The van der Waals surface area contributed by atoms with E-state index in [0.717, 1.165) is 12.1 Å². The number of carbonyl (C=O) groups is 1. The van der Waals surface area contributed by atoms with E-state index in [1.165, 1.54) is 0 Å². The van der Waals surface area contributed by atoms with Crippen molar-refractivity contribution in [2.24, 2.45) is 11.7 Å². The number of anilines is 1. The highest BCUT2D eigenvalue weighted by atomic mass is 16.1. The van der Waals surface area contributed by atoms with Gasteiger partial charge in [0.25, 0.3) is 0 Å². The molecule has 1 unspecified atom stereocenters. The van der Waals surface area contributed by atoms with Crippen LogP contribution in [-0.4, -0.2) is 12.5 Å². The van der Waals surface area contributed by atoms with Crippen LogP contribution in [0.1, 0.15) is 25.3 Å². The number of nitriles is 1. The molecular formula is C13H17N3O. The van der Waals surface area contributed by atoms with E-state index in [-0.39, 0.29) is 5.91 Å². The SMILES string of the molecule is CC(CN)CCC(=O)Nc1ccc(C#N)cc1. The Kier molecular flexibility index (Phi) is 5.18. The van der Waals surface area contributed by atoms with Gasteiger partial charge in [0.15, 0.2) is 0 Å². The lowest BCUT2D eigenvalue weighted by Gasteiger charge is -2.08. The van der Waals surface area contributed by atoms with E-state index in [1.807, 2.05) is 13.0 Å². The molecule has 0 saturated heterocycles. The van der Waals surface area contributed by atoms with E-state index in [9.17, 15) is 4.79 Å². The molecule has 1 rings (SSSR count). The maximum atomic E-state index is 11.6. The average molecular weight is 231 g/mol. The molecule has 0 bridgehead atoms. The smallest absolute Gasteiger partial charge is 0.224 e. The second-order valence-electron chi connectivity index (χ2n) is 4.12. The van der Waals surface area contributed by atoms with Crippen LogP contribution in [0, 0.1) is 17.2 Å². The Morgan fingerprint density at radius 3 is 2.65 bits per heavy atom. The summed E-state index contributed by atoms with van der Waals surface area (Å²) in [5.74, 6) is 0.344. The van der Waals surface area contributed by atoms with Gasteiger partial charge in [0.1, 0.15) is 0 Å². The van der Waals surface area contributed by atoms with Crippen LogP contribution < -0.4 is 11.1 Å². The first kappa shape index (κ1) is 13.2. The molecule has 17 heavy (non-hydrogen) atoms. The molecule has 0 aromatic heterocycles. The van der Waals surface area contributed by atoms with E-state index >= 15 is 0 Å². The van der Waals surface area contributed by atoms with Crippen molar-refractivity contribution >= 4 is 11.6 Å². The monoisotopic (exact) mass is 231 g/mol. The molecule has 1 aromatic rings. The van der Waals surface area contributed by atoms with E-state index < -0.39 is 0 Å². The Morgan fingerprint density at radius 1 is 1.47 bits per heavy atom. The van der Waals surface area contributed by atoms with Gasteiger partial charge < -0.3 is 11.1 Å². The number of carbonyl (C=O) groups excluding carboxylic acids is 1. The summed E-state index contributed by atoms with van der Waals surface area (Å²) in [6.07, 6.45) is 1.26. The third-order valence-electron chi connectivity index (χ3n) is 2.56.